The first-order chi connectivity index (χ1) is 7.38. The summed E-state index contributed by atoms with van der Waals surface area (Å²) in [6.07, 6.45) is 8.23. The average molecular weight is 249 g/mol. The fraction of sp³-hybridized carbons (Fsp3) is 0.818. The highest BCUT2D eigenvalue weighted by atomic mass is 32.2. The van der Waals surface area contributed by atoms with Gasteiger partial charge in [0.15, 0.2) is 0 Å². The van der Waals surface area contributed by atoms with Gasteiger partial charge in [0.1, 0.15) is 0 Å². The maximum Gasteiger partial charge on any atom is 0.261 e. The number of allylic oxidation sites excluding steroid dienone is 1. The zero-order chi connectivity index (χ0) is 12.6. The molecule has 0 atom stereocenters. The Hall–Kier alpha value is -0.550. The lowest BCUT2D eigenvalue weighted by Gasteiger charge is -2.21. The number of hydrogen-bond acceptors (Lipinski definition) is 3. The van der Waals surface area contributed by atoms with Crippen LogP contribution in [0.5, 0.6) is 0 Å². The maximum absolute atomic E-state index is 9.19. The van der Waals surface area contributed by atoms with Crippen LogP contribution in [0.15, 0.2) is 11.8 Å². The molecule has 0 spiro atoms. The van der Waals surface area contributed by atoms with Crippen molar-refractivity contribution < 1.29 is 13.0 Å². The number of hydrogen-bond donors (Lipinski definition) is 1. The van der Waals surface area contributed by atoms with Crippen LogP contribution in [0.3, 0.4) is 0 Å². The molecule has 0 aromatic carbocycles. The van der Waals surface area contributed by atoms with Crippen LogP contribution < -0.4 is 0 Å². The summed E-state index contributed by atoms with van der Waals surface area (Å²) in [5.74, 6) is 0. The molecule has 96 valence electrons. The van der Waals surface area contributed by atoms with Crippen molar-refractivity contribution in [1.82, 2.24) is 4.90 Å². The van der Waals surface area contributed by atoms with Crippen LogP contribution in [0.4, 0.5) is 0 Å². The first-order valence-electron chi connectivity index (χ1n) is 5.74. The van der Waals surface area contributed by atoms with Crippen molar-refractivity contribution in [2.75, 3.05) is 19.3 Å². The van der Waals surface area contributed by atoms with Crippen LogP contribution in [-0.2, 0) is 10.1 Å². The molecule has 0 aromatic heterocycles. The fourth-order valence-corrected chi connectivity index (χ4v) is 1.70. The Bertz CT molecular complexity index is 301. The van der Waals surface area contributed by atoms with Crippen molar-refractivity contribution in [2.45, 2.75) is 39.5 Å². The molecule has 0 radical (unpaired) electrons. The molecule has 1 rings (SSSR count). The lowest BCUT2D eigenvalue weighted by Crippen LogP contribution is -2.20. The van der Waals surface area contributed by atoms with E-state index in [1.54, 1.807) is 5.70 Å². The van der Waals surface area contributed by atoms with Crippen LogP contribution in [0.1, 0.15) is 39.5 Å². The van der Waals surface area contributed by atoms with E-state index in [2.05, 4.69) is 24.8 Å². The van der Waals surface area contributed by atoms with Gasteiger partial charge < -0.3 is 4.90 Å². The molecule has 0 saturated heterocycles. The third-order valence-corrected chi connectivity index (χ3v) is 2.18. The second-order valence-electron chi connectivity index (χ2n) is 3.95. The summed E-state index contributed by atoms with van der Waals surface area (Å²) in [7, 11) is -3.67. The monoisotopic (exact) mass is 249 g/mol. The van der Waals surface area contributed by atoms with Crippen molar-refractivity contribution in [3.05, 3.63) is 11.8 Å². The Morgan fingerprint density at radius 1 is 1.38 bits per heavy atom. The highest BCUT2D eigenvalue weighted by molar-refractivity contribution is 7.85. The molecular weight excluding hydrogens is 226 g/mol. The van der Waals surface area contributed by atoms with E-state index in [0.717, 1.165) is 0 Å². The summed E-state index contributed by atoms with van der Waals surface area (Å²) in [6.45, 7) is 7.03. The maximum atomic E-state index is 9.19. The third-order valence-electron chi connectivity index (χ3n) is 2.18. The minimum Gasteiger partial charge on any atom is -0.375 e. The van der Waals surface area contributed by atoms with Crippen molar-refractivity contribution in [3.63, 3.8) is 0 Å². The van der Waals surface area contributed by atoms with Crippen molar-refractivity contribution in [2.24, 2.45) is 0 Å². The van der Waals surface area contributed by atoms with E-state index in [-0.39, 0.29) is 0 Å². The van der Waals surface area contributed by atoms with E-state index in [1.807, 2.05) is 0 Å². The van der Waals surface area contributed by atoms with E-state index >= 15 is 0 Å². The van der Waals surface area contributed by atoms with Crippen LogP contribution >= 0.6 is 0 Å². The van der Waals surface area contributed by atoms with Crippen molar-refractivity contribution in [3.8, 4) is 0 Å². The molecule has 0 fully saturated rings. The molecule has 0 amide bonds. The molecule has 5 heteroatoms. The van der Waals surface area contributed by atoms with E-state index in [9.17, 15) is 8.42 Å². The van der Waals surface area contributed by atoms with Gasteiger partial charge in [-0.15, -0.1) is 0 Å². The predicted molar refractivity (Wildman–Crippen MR) is 66.9 cm³/mol. The molecule has 0 aromatic rings. The molecule has 1 aliphatic rings. The summed E-state index contributed by atoms with van der Waals surface area (Å²) in [6, 6.07) is 0. The van der Waals surface area contributed by atoms with Gasteiger partial charge in [-0.25, -0.2) is 0 Å². The molecule has 0 saturated carbocycles. The smallest absolute Gasteiger partial charge is 0.261 e. The van der Waals surface area contributed by atoms with Crippen LogP contribution in [-0.4, -0.2) is 37.2 Å². The minimum atomic E-state index is -3.67. The van der Waals surface area contributed by atoms with Crippen molar-refractivity contribution >= 4 is 10.1 Å². The highest BCUT2D eigenvalue weighted by Crippen LogP contribution is 2.19. The normalized spacial score (nSPS) is 15.5. The molecule has 0 aliphatic carbocycles. The number of rotatable bonds is 4. The molecule has 0 unspecified atom stereocenters. The second-order valence-corrected chi connectivity index (χ2v) is 5.42. The van der Waals surface area contributed by atoms with E-state index in [1.165, 1.54) is 38.8 Å². The van der Waals surface area contributed by atoms with Crippen LogP contribution in [0.25, 0.3) is 0 Å². The zero-order valence-electron chi connectivity index (χ0n) is 10.4. The summed E-state index contributed by atoms with van der Waals surface area (Å²) in [4.78, 5) is 2.53. The van der Waals surface area contributed by atoms with Crippen LogP contribution in [0, 0.1) is 0 Å². The Balaban J connectivity index is 0.000000385. The van der Waals surface area contributed by atoms with Gasteiger partial charge in [-0.1, -0.05) is 26.3 Å². The van der Waals surface area contributed by atoms with Gasteiger partial charge in [-0.05, 0) is 19.3 Å². The van der Waals surface area contributed by atoms with Crippen molar-refractivity contribution in [1.29, 1.82) is 0 Å². The summed E-state index contributed by atoms with van der Waals surface area (Å²) in [5, 5.41) is 0. The van der Waals surface area contributed by atoms with Gasteiger partial charge in [0.05, 0.1) is 6.26 Å². The standard InChI is InChI=1S/C10H19N.CH4O3S/c1-3-6-10-7-5-9-11(10)8-4-2;1-5(2,3)4/h7H,3-6,8-9H2,1-2H3;1H3,(H,2,3,4). The SMILES string of the molecule is CCCC1=CCCN1CCC.CS(=O)(=O)O. The Labute approximate surface area is 99.1 Å². The molecular formula is C11H23NO3S. The molecule has 1 aliphatic heterocycles. The molecule has 16 heavy (non-hydrogen) atoms. The van der Waals surface area contributed by atoms with Gasteiger partial charge in [0, 0.05) is 18.8 Å². The number of nitrogens with zero attached hydrogens (tertiary/aromatic N) is 1. The van der Waals surface area contributed by atoms with E-state index < -0.39 is 10.1 Å². The van der Waals surface area contributed by atoms with E-state index in [0.29, 0.717) is 6.26 Å². The first kappa shape index (κ1) is 15.4. The molecule has 1 N–H and O–H groups in total. The molecule has 0 bridgehead atoms. The van der Waals surface area contributed by atoms with Crippen LogP contribution in [0.2, 0.25) is 0 Å². The minimum absolute atomic E-state index is 0.715. The highest BCUT2D eigenvalue weighted by Gasteiger charge is 2.11. The summed E-state index contributed by atoms with van der Waals surface area (Å²) < 4.78 is 25.9. The third kappa shape index (κ3) is 8.73. The first-order valence-corrected chi connectivity index (χ1v) is 7.59. The van der Waals surface area contributed by atoms with Gasteiger partial charge in [-0.2, -0.15) is 8.42 Å². The Morgan fingerprint density at radius 2 is 1.94 bits per heavy atom. The molecule has 4 nitrogen and oxygen atoms in total. The topological polar surface area (TPSA) is 57.6 Å². The van der Waals surface area contributed by atoms with Gasteiger partial charge >= 0.3 is 0 Å². The zero-order valence-corrected chi connectivity index (χ0v) is 11.3. The largest absolute Gasteiger partial charge is 0.375 e. The predicted octanol–water partition coefficient (Wildman–Crippen LogP) is 2.29. The van der Waals surface area contributed by atoms with Gasteiger partial charge in [0.25, 0.3) is 10.1 Å². The van der Waals surface area contributed by atoms with E-state index in [4.69, 9.17) is 4.55 Å². The summed E-state index contributed by atoms with van der Waals surface area (Å²) >= 11 is 0. The Kier molecular flexibility index (Phi) is 7.42. The lowest BCUT2D eigenvalue weighted by molar-refractivity contribution is 0.363. The summed E-state index contributed by atoms with van der Waals surface area (Å²) in [5.41, 5.74) is 1.59. The van der Waals surface area contributed by atoms with Gasteiger partial charge in [-0.3, -0.25) is 4.55 Å². The second kappa shape index (κ2) is 7.68. The molecule has 1 heterocycles. The average Bonchev–Trinajstić information content (AvgIpc) is 2.51. The fourth-order valence-electron chi connectivity index (χ4n) is 1.70. The Morgan fingerprint density at radius 3 is 2.38 bits per heavy atom. The quantitative estimate of drug-likeness (QED) is 0.777. The van der Waals surface area contributed by atoms with Gasteiger partial charge in [0.2, 0.25) is 0 Å². The lowest BCUT2D eigenvalue weighted by atomic mass is 10.2.